The van der Waals surface area contributed by atoms with Gasteiger partial charge in [0.1, 0.15) is 11.5 Å². The molecule has 1 aromatic rings. The van der Waals surface area contributed by atoms with Gasteiger partial charge in [-0.3, -0.25) is 4.90 Å². The number of aryl methyl sites for hydroxylation is 1. The number of rotatable bonds is 7. The third-order valence-corrected chi connectivity index (χ3v) is 5.03. The molecule has 0 amide bonds. The van der Waals surface area contributed by atoms with Crippen molar-refractivity contribution >= 4 is 0 Å². The van der Waals surface area contributed by atoms with Gasteiger partial charge >= 0.3 is 0 Å². The average Bonchev–Trinajstić information content (AvgIpc) is 3.02. The van der Waals surface area contributed by atoms with Crippen LogP contribution in [0.3, 0.4) is 0 Å². The van der Waals surface area contributed by atoms with Crippen LogP contribution in [0.1, 0.15) is 57.1 Å². The predicted molar refractivity (Wildman–Crippen MR) is 83.7 cm³/mol. The SMILES string of the molecule is CCNCc1cc(CN2CCC(CC)(CC)C2)c(C)o1. The highest BCUT2D eigenvalue weighted by atomic mass is 16.3. The molecule has 0 saturated carbocycles. The van der Waals surface area contributed by atoms with E-state index >= 15 is 0 Å². The summed E-state index contributed by atoms with van der Waals surface area (Å²) in [5.74, 6) is 2.15. The maximum absolute atomic E-state index is 5.84. The van der Waals surface area contributed by atoms with Crippen molar-refractivity contribution in [2.24, 2.45) is 5.41 Å². The van der Waals surface area contributed by atoms with Gasteiger partial charge < -0.3 is 9.73 Å². The lowest BCUT2D eigenvalue weighted by molar-refractivity contribution is 0.235. The zero-order chi connectivity index (χ0) is 14.6. The second-order valence-corrected chi connectivity index (χ2v) is 6.24. The predicted octanol–water partition coefficient (Wildman–Crippen LogP) is 3.71. The minimum atomic E-state index is 0.560. The van der Waals surface area contributed by atoms with E-state index in [1.54, 1.807) is 0 Å². The van der Waals surface area contributed by atoms with Crippen LogP contribution in [-0.4, -0.2) is 24.5 Å². The molecule has 2 rings (SSSR count). The van der Waals surface area contributed by atoms with E-state index in [-0.39, 0.29) is 0 Å². The summed E-state index contributed by atoms with van der Waals surface area (Å²) in [6.45, 7) is 14.2. The van der Waals surface area contributed by atoms with Crippen LogP contribution in [0.5, 0.6) is 0 Å². The third kappa shape index (κ3) is 3.44. The molecule has 20 heavy (non-hydrogen) atoms. The number of nitrogens with one attached hydrogen (secondary N) is 1. The number of furan rings is 1. The molecular weight excluding hydrogens is 248 g/mol. The fourth-order valence-electron chi connectivity index (χ4n) is 3.31. The van der Waals surface area contributed by atoms with Crippen LogP contribution in [0.25, 0.3) is 0 Å². The first-order chi connectivity index (χ1) is 9.62. The first-order valence-corrected chi connectivity index (χ1v) is 8.13. The number of hydrogen-bond donors (Lipinski definition) is 1. The highest BCUT2D eigenvalue weighted by Gasteiger charge is 2.34. The van der Waals surface area contributed by atoms with Crippen LogP contribution in [0.15, 0.2) is 10.5 Å². The van der Waals surface area contributed by atoms with Gasteiger partial charge in [0.05, 0.1) is 6.54 Å². The average molecular weight is 278 g/mol. The normalized spacial score (nSPS) is 18.8. The van der Waals surface area contributed by atoms with Gasteiger partial charge in [-0.2, -0.15) is 0 Å². The molecule has 1 saturated heterocycles. The first kappa shape index (κ1) is 15.6. The summed E-state index contributed by atoms with van der Waals surface area (Å²) in [7, 11) is 0. The smallest absolute Gasteiger partial charge is 0.118 e. The Morgan fingerprint density at radius 3 is 2.65 bits per heavy atom. The van der Waals surface area contributed by atoms with Crippen LogP contribution < -0.4 is 5.32 Å². The van der Waals surface area contributed by atoms with Crippen molar-refractivity contribution in [3.8, 4) is 0 Å². The summed E-state index contributed by atoms with van der Waals surface area (Å²) in [6, 6.07) is 2.23. The van der Waals surface area contributed by atoms with Gasteiger partial charge in [-0.25, -0.2) is 0 Å². The van der Waals surface area contributed by atoms with E-state index in [1.807, 2.05) is 0 Å². The van der Waals surface area contributed by atoms with Gasteiger partial charge in [0.15, 0.2) is 0 Å². The van der Waals surface area contributed by atoms with Crippen molar-refractivity contribution in [1.82, 2.24) is 10.2 Å². The molecule has 1 aliphatic rings. The molecule has 0 aromatic carbocycles. The van der Waals surface area contributed by atoms with Crippen molar-refractivity contribution in [2.75, 3.05) is 19.6 Å². The molecule has 1 fully saturated rings. The van der Waals surface area contributed by atoms with E-state index in [9.17, 15) is 0 Å². The molecule has 0 spiro atoms. The Balaban J connectivity index is 1.95. The zero-order valence-electron chi connectivity index (χ0n) is 13.6. The van der Waals surface area contributed by atoms with Crippen molar-refractivity contribution in [3.63, 3.8) is 0 Å². The summed E-state index contributed by atoms with van der Waals surface area (Å²) in [4.78, 5) is 2.60. The summed E-state index contributed by atoms with van der Waals surface area (Å²) in [5, 5.41) is 3.32. The van der Waals surface area contributed by atoms with Gasteiger partial charge in [0, 0.05) is 18.7 Å². The topological polar surface area (TPSA) is 28.4 Å². The van der Waals surface area contributed by atoms with Crippen LogP contribution in [0, 0.1) is 12.3 Å². The minimum absolute atomic E-state index is 0.560. The molecule has 1 aromatic heterocycles. The lowest BCUT2D eigenvalue weighted by atomic mass is 9.82. The maximum Gasteiger partial charge on any atom is 0.118 e. The van der Waals surface area contributed by atoms with E-state index in [0.717, 1.165) is 31.2 Å². The van der Waals surface area contributed by atoms with Gasteiger partial charge in [0.2, 0.25) is 0 Å². The van der Waals surface area contributed by atoms with E-state index < -0.39 is 0 Å². The van der Waals surface area contributed by atoms with E-state index in [1.165, 1.54) is 37.9 Å². The Hall–Kier alpha value is -0.800. The summed E-state index contributed by atoms with van der Waals surface area (Å²) >= 11 is 0. The third-order valence-electron chi connectivity index (χ3n) is 5.03. The Labute approximate surface area is 123 Å². The van der Waals surface area contributed by atoms with Crippen molar-refractivity contribution in [2.45, 2.75) is 60.0 Å². The molecule has 0 bridgehead atoms. The van der Waals surface area contributed by atoms with Gasteiger partial charge in [-0.05, 0) is 50.8 Å². The lowest BCUT2D eigenvalue weighted by Crippen LogP contribution is -2.26. The molecule has 0 atom stereocenters. The quantitative estimate of drug-likeness (QED) is 0.824. The fraction of sp³-hybridized carbons (Fsp3) is 0.765. The van der Waals surface area contributed by atoms with Crippen molar-refractivity contribution in [3.05, 3.63) is 23.2 Å². The molecular formula is C17H30N2O. The van der Waals surface area contributed by atoms with Crippen LogP contribution in [0.2, 0.25) is 0 Å². The Morgan fingerprint density at radius 1 is 1.30 bits per heavy atom. The lowest BCUT2D eigenvalue weighted by Gasteiger charge is -2.26. The Morgan fingerprint density at radius 2 is 2.05 bits per heavy atom. The largest absolute Gasteiger partial charge is 0.465 e. The molecule has 3 heteroatoms. The molecule has 114 valence electrons. The second-order valence-electron chi connectivity index (χ2n) is 6.24. The molecule has 0 aliphatic carbocycles. The molecule has 1 aliphatic heterocycles. The zero-order valence-corrected chi connectivity index (χ0v) is 13.6. The summed E-state index contributed by atoms with van der Waals surface area (Å²) < 4.78 is 5.84. The molecule has 2 heterocycles. The molecule has 1 N–H and O–H groups in total. The standard InChI is InChI=1S/C17H30N2O/c1-5-17(6-2)8-9-19(13-17)12-15-10-16(11-18-7-3)20-14(15)4/h10,18H,5-9,11-13H2,1-4H3. The second kappa shape index (κ2) is 6.77. The van der Waals surface area contributed by atoms with Crippen LogP contribution >= 0.6 is 0 Å². The Kier molecular flexibility index (Phi) is 5.28. The number of likely N-dealkylation sites (tertiary alicyclic amines) is 1. The van der Waals surface area contributed by atoms with Gasteiger partial charge in [-0.15, -0.1) is 0 Å². The maximum atomic E-state index is 5.84. The fourth-order valence-corrected chi connectivity index (χ4v) is 3.31. The molecule has 0 unspecified atom stereocenters. The first-order valence-electron chi connectivity index (χ1n) is 8.13. The number of hydrogen-bond acceptors (Lipinski definition) is 3. The monoisotopic (exact) mass is 278 g/mol. The van der Waals surface area contributed by atoms with Crippen LogP contribution in [-0.2, 0) is 13.1 Å². The minimum Gasteiger partial charge on any atom is -0.465 e. The molecule has 3 nitrogen and oxygen atoms in total. The highest BCUT2D eigenvalue weighted by Crippen LogP contribution is 2.37. The van der Waals surface area contributed by atoms with Crippen molar-refractivity contribution in [1.29, 1.82) is 0 Å². The van der Waals surface area contributed by atoms with Crippen molar-refractivity contribution < 1.29 is 4.42 Å². The summed E-state index contributed by atoms with van der Waals surface area (Å²) in [6.07, 6.45) is 3.95. The molecule has 0 radical (unpaired) electrons. The number of nitrogens with zero attached hydrogens (tertiary/aromatic N) is 1. The van der Waals surface area contributed by atoms with E-state index in [0.29, 0.717) is 5.41 Å². The van der Waals surface area contributed by atoms with E-state index in [4.69, 9.17) is 4.42 Å². The van der Waals surface area contributed by atoms with E-state index in [2.05, 4.69) is 44.0 Å². The van der Waals surface area contributed by atoms with Gasteiger partial charge in [0.25, 0.3) is 0 Å². The Bertz CT molecular complexity index is 421. The van der Waals surface area contributed by atoms with Gasteiger partial charge in [-0.1, -0.05) is 20.8 Å². The van der Waals surface area contributed by atoms with Crippen LogP contribution in [0.4, 0.5) is 0 Å². The highest BCUT2D eigenvalue weighted by molar-refractivity contribution is 5.21. The summed E-state index contributed by atoms with van der Waals surface area (Å²) in [5.41, 5.74) is 1.92.